The first-order chi connectivity index (χ1) is 14.2. The van der Waals surface area contributed by atoms with Gasteiger partial charge in [-0.25, -0.2) is 9.59 Å². The van der Waals surface area contributed by atoms with Crippen LogP contribution in [-0.4, -0.2) is 37.8 Å². The van der Waals surface area contributed by atoms with E-state index < -0.39 is 24.1 Å². The van der Waals surface area contributed by atoms with Gasteiger partial charge in [0.2, 0.25) is 0 Å². The lowest BCUT2D eigenvalue weighted by Gasteiger charge is -2.16. The van der Waals surface area contributed by atoms with Gasteiger partial charge in [-0.3, -0.25) is 10.1 Å². The summed E-state index contributed by atoms with van der Waals surface area (Å²) in [6.07, 6.45) is -1.72. The van der Waals surface area contributed by atoms with Crippen molar-refractivity contribution in [3.63, 3.8) is 0 Å². The normalized spacial score (nSPS) is 11.2. The van der Waals surface area contributed by atoms with Gasteiger partial charge in [0.1, 0.15) is 5.75 Å². The zero-order valence-corrected chi connectivity index (χ0v) is 17.8. The lowest BCUT2D eigenvalue weighted by Crippen LogP contribution is -2.30. The second-order valence-corrected chi connectivity index (χ2v) is 6.67. The number of hydrogen-bond acceptors (Lipinski definition) is 6. The molecule has 0 bridgehead atoms. The van der Waals surface area contributed by atoms with E-state index >= 15 is 0 Å². The lowest BCUT2D eigenvalue weighted by atomic mass is 10.2. The molecule has 160 valence electrons. The highest BCUT2D eigenvalue weighted by molar-refractivity contribution is 6.31. The molecule has 0 saturated carbocycles. The first-order valence-electron chi connectivity index (χ1n) is 9.15. The zero-order chi connectivity index (χ0) is 22.3. The summed E-state index contributed by atoms with van der Waals surface area (Å²) in [6, 6.07) is 9.36. The Morgan fingerprint density at radius 1 is 1.13 bits per heavy atom. The van der Waals surface area contributed by atoms with Crippen molar-refractivity contribution in [1.29, 1.82) is 0 Å². The molecule has 8 nitrogen and oxygen atoms in total. The molecule has 2 N–H and O–H groups in total. The van der Waals surface area contributed by atoms with Gasteiger partial charge in [-0.05, 0) is 50.6 Å². The Labute approximate surface area is 179 Å². The molecule has 0 saturated heterocycles. The number of amides is 2. The first kappa shape index (κ1) is 23.0. The Bertz CT molecular complexity index is 947. The molecule has 9 heteroatoms. The number of anilines is 2. The van der Waals surface area contributed by atoms with Gasteiger partial charge in [-0.15, -0.1) is 0 Å². The molecule has 1 unspecified atom stereocenters. The molecule has 0 spiro atoms. The molecule has 30 heavy (non-hydrogen) atoms. The average Bonchev–Trinajstić information content (AvgIpc) is 2.70. The quantitative estimate of drug-likeness (QED) is 0.625. The van der Waals surface area contributed by atoms with Crippen molar-refractivity contribution in [3.05, 3.63) is 52.5 Å². The predicted octanol–water partition coefficient (Wildman–Crippen LogP) is 4.41. The molecule has 0 radical (unpaired) electrons. The Kier molecular flexibility index (Phi) is 8.06. The minimum atomic E-state index is -1.08. The third-order valence-corrected chi connectivity index (χ3v) is 4.42. The summed E-state index contributed by atoms with van der Waals surface area (Å²) >= 11 is 6.07. The van der Waals surface area contributed by atoms with Crippen LogP contribution in [0.2, 0.25) is 5.02 Å². The zero-order valence-electron chi connectivity index (χ0n) is 17.1. The topological polar surface area (TPSA) is 103 Å². The van der Waals surface area contributed by atoms with Gasteiger partial charge < -0.3 is 19.5 Å². The molecule has 2 rings (SSSR count). The Hall–Kier alpha value is -3.26. The van der Waals surface area contributed by atoms with Crippen LogP contribution in [0.3, 0.4) is 0 Å². The monoisotopic (exact) mass is 434 g/mol. The van der Waals surface area contributed by atoms with E-state index in [1.807, 2.05) is 0 Å². The SMILES string of the molecule is CCOC(=O)Nc1cccc(C(=O)OC(C)C(=O)Nc2cc(C)c(Cl)cc2OC)c1. The van der Waals surface area contributed by atoms with Crippen LogP contribution in [-0.2, 0) is 14.3 Å². The van der Waals surface area contributed by atoms with Crippen molar-refractivity contribution >= 4 is 40.9 Å². The van der Waals surface area contributed by atoms with Gasteiger partial charge in [-0.1, -0.05) is 17.7 Å². The fourth-order valence-electron chi connectivity index (χ4n) is 2.46. The molecule has 0 heterocycles. The second-order valence-electron chi connectivity index (χ2n) is 6.26. The summed E-state index contributed by atoms with van der Waals surface area (Å²) in [5.41, 5.74) is 1.70. The number of aryl methyl sites for hydroxylation is 1. The molecule has 0 aliphatic rings. The van der Waals surface area contributed by atoms with Crippen LogP contribution in [0, 0.1) is 6.92 Å². The molecule has 2 aromatic carbocycles. The number of halogens is 1. The number of carbonyl (C=O) groups excluding carboxylic acids is 3. The maximum Gasteiger partial charge on any atom is 0.411 e. The maximum atomic E-state index is 12.5. The van der Waals surface area contributed by atoms with E-state index in [-0.39, 0.29) is 12.2 Å². The minimum absolute atomic E-state index is 0.170. The van der Waals surface area contributed by atoms with Gasteiger partial charge in [0.25, 0.3) is 5.91 Å². The summed E-state index contributed by atoms with van der Waals surface area (Å²) in [7, 11) is 1.46. The molecule has 2 amide bonds. The smallest absolute Gasteiger partial charge is 0.411 e. The largest absolute Gasteiger partial charge is 0.495 e. The number of rotatable bonds is 7. The van der Waals surface area contributed by atoms with Crippen LogP contribution in [0.1, 0.15) is 29.8 Å². The van der Waals surface area contributed by atoms with Crippen molar-refractivity contribution in [1.82, 2.24) is 0 Å². The highest BCUT2D eigenvalue weighted by atomic mass is 35.5. The number of esters is 1. The number of nitrogens with one attached hydrogen (secondary N) is 2. The van der Waals surface area contributed by atoms with Crippen LogP contribution in [0.15, 0.2) is 36.4 Å². The van der Waals surface area contributed by atoms with Crippen LogP contribution in [0.25, 0.3) is 0 Å². The summed E-state index contributed by atoms with van der Waals surface area (Å²) in [5.74, 6) is -0.871. The highest BCUT2D eigenvalue weighted by Crippen LogP contribution is 2.31. The van der Waals surface area contributed by atoms with Crippen molar-refractivity contribution in [2.75, 3.05) is 24.4 Å². The number of ether oxygens (including phenoxy) is 3. The summed E-state index contributed by atoms with van der Waals surface area (Å²) in [4.78, 5) is 36.4. The molecule has 2 aromatic rings. The fraction of sp³-hybridized carbons (Fsp3) is 0.286. The maximum absolute atomic E-state index is 12.5. The molecular formula is C21H23ClN2O6. The van der Waals surface area contributed by atoms with Gasteiger partial charge in [-0.2, -0.15) is 0 Å². The molecule has 0 fully saturated rings. The van der Waals surface area contributed by atoms with E-state index in [1.165, 1.54) is 26.2 Å². The number of hydrogen-bond donors (Lipinski definition) is 2. The number of benzene rings is 2. The first-order valence-corrected chi connectivity index (χ1v) is 9.52. The number of methoxy groups -OCH3 is 1. The van der Waals surface area contributed by atoms with Crippen LogP contribution in [0.4, 0.5) is 16.2 Å². The Balaban J connectivity index is 2.04. The molecule has 0 aliphatic carbocycles. The van der Waals surface area contributed by atoms with Crippen molar-refractivity contribution < 1.29 is 28.6 Å². The van der Waals surface area contributed by atoms with Crippen LogP contribution < -0.4 is 15.4 Å². The summed E-state index contributed by atoms with van der Waals surface area (Å²) < 4.78 is 15.3. The van der Waals surface area contributed by atoms with Gasteiger partial charge in [0.15, 0.2) is 6.10 Å². The molecule has 0 aliphatic heterocycles. The summed E-state index contributed by atoms with van der Waals surface area (Å²) in [5, 5.41) is 5.66. The molecule has 0 aromatic heterocycles. The molecular weight excluding hydrogens is 412 g/mol. The summed E-state index contributed by atoms with van der Waals surface area (Å²) in [6.45, 7) is 5.14. The highest BCUT2D eigenvalue weighted by Gasteiger charge is 2.21. The van der Waals surface area contributed by atoms with Gasteiger partial charge >= 0.3 is 12.1 Å². The van der Waals surface area contributed by atoms with E-state index in [0.717, 1.165) is 5.56 Å². The van der Waals surface area contributed by atoms with E-state index in [0.29, 0.717) is 22.1 Å². The minimum Gasteiger partial charge on any atom is -0.495 e. The van der Waals surface area contributed by atoms with E-state index in [1.54, 1.807) is 38.1 Å². The standard InChI is InChI=1S/C21H23ClN2O6/c1-5-29-21(27)23-15-8-6-7-14(10-15)20(26)30-13(3)19(25)24-17-9-12(2)16(22)11-18(17)28-4/h6-11,13H,5H2,1-4H3,(H,23,27)(H,24,25). The van der Waals surface area contributed by atoms with Gasteiger partial charge in [0.05, 0.1) is 25.0 Å². The Morgan fingerprint density at radius 3 is 2.53 bits per heavy atom. The van der Waals surface area contributed by atoms with Crippen molar-refractivity contribution in [2.45, 2.75) is 26.9 Å². The van der Waals surface area contributed by atoms with E-state index in [4.69, 9.17) is 25.8 Å². The Morgan fingerprint density at radius 2 is 1.87 bits per heavy atom. The number of carbonyl (C=O) groups is 3. The third kappa shape index (κ3) is 6.12. The van der Waals surface area contributed by atoms with Crippen molar-refractivity contribution in [2.24, 2.45) is 0 Å². The lowest BCUT2D eigenvalue weighted by molar-refractivity contribution is -0.123. The fourth-order valence-corrected chi connectivity index (χ4v) is 2.61. The third-order valence-electron chi connectivity index (χ3n) is 4.01. The second kappa shape index (κ2) is 10.5. The van der Waals surface area contributed by atoms with E-state index in [2.05, 4.69) is 10.6 Å². The van der Waals surface area contributed by atoms with Crippen LogP contribution in [0.5, 0.6) is 5.75 Å². The van der Waals surface area contributed by atoms with E-state index in [9.17, 15) is 14.4 Å². The molecule has 1 atom stereocenters. The average molecular weight is 435 g/mol. The van der Waals surface area contributed by atoms with Gasteiger partial charge in [0, 0.05) is 16.8 Å². The predicted molar refractivity (Wildman–Crippen MR) is 113 cm³/mol. The van der Waals surface area contributed by atoms with Crippen LogP contribution >= 0.6 is 11.6 Å². The van der Waals surface area contributed by atoms with Crippen molar-refractivity contribution in [3.8, 4) is 5.75 Å².